The van der Waals surface area contributed by atoms with Crippen molar-refractivity contribution in [1.82, 2.24) is 15.5 Å². The molecule has 1 atom stereocenters. The Labute approximate surface area is 173 Å². The van der Waals surface area contributed by atoms with Crippen molar-refractivity contribution in [2.75, 3.05) is 0 Å². The van der Waals surface area contributed by atoms with Crippen molar-refractivity contribution in [3.05, 3.63) is 80.2 Å². The third-order valence-corrected chi connectivity index (χ3v) is 7.02. The third kappa shape index (κ3) is 4.09. The summed E-state index contributed by atoms with van der Waals surface area (Å²) < 4.78 is 5.93. The third-order valence-electron chi connectivity index (χ3n) is 4.72. The fraction of sp³-hybridized carbons (Fsp3) is 0.273. The molecule has 0 saturated carbocycles. The van der Waals surface area contributed by atoms with Crippen LogP contribution in [-0.2, 0) is 13.0 Å². The molecule has 0 amide bonds. The van der Waals surface area contributed by atoms with E-state index in [2.05, 4.69) is 84.1 Å². The van der Waals surface area contributed by atoms with E-state index in [1.165, 1.54) is 26.4 Å². The van der Waals surface area contributed by atoms with Crippen molar-refractivity contribution in [1.29, 1.82) is 0 Å². The largest absolute Gasteiger partial charge is 0.419 e. The Morgan fingerprint density at radius 2 is 1.93 bits per heavy atom. The summed E-state index contributed by atoms with van der Waals surface area (Å²) in [6, 6.07) is 15.1. The SMILES string of the molecule is CCc1sc(-c2nnc(CN[C@@H](c3ccc(C)cc3)c3cccs3)o2)cc1C. The van der Waals surface area contributed by atoms with E-state index in [9.17, 15) is 0 Å². The molecular weight excluding hydrogens is 386 g/mol. The number of thiophene rings is 2. The maximum Gasteiger partial charge on any atom is 0.257 e. The van der Waals surface area contributed by atoms with Crippen LogP contribution in [0.3, 0.4) is 0 Å². The van der Waals surface area contributed by atoms with Gasteiger partial charge >= 0.3 is 0 Å². The van der Waals surface area contributed by atoms with E-state index in [-0.39, 0.29) is 6.04 Å². The van der Waals surface area contributed by atoms with E-state index in [0.717, 1.165) is 11.3 Å². The maximum absolute atomic E-state index is 5.93. The van der Waals surface area contributed by atoms with Crippen LogP contribution in [0.15, 0.2) is 52.3 Å². The molecule has 28 heavy (non-hydrogen) atoms. The molecule has 0 aliphatic heterocycles. The van der Waals surface area contributed by atoms with Crippen LogP contribution in [-0.4, -0.2) is 10.2 Å². The highest BCUT2D eigenvalue weighted by Gasteiger charge is 2.17. The first kappa shape index (κ1) is 19.1. The summed E-state index contributed by atoms with van der Waals surface area (Å²) in [6.07, 6.45) is 1.03. The van der Waals surface area contributed by atoms with E-state index in [4.69, 9.17) is 4.42 Å². The van der Waals surface area contributed by atoms with Crippen molar-refractivity contribution in [3.63, 3.8) is 0 Å². The van der Waals surface area contributed by atoms with Crippen LogP contribution >= 0.6 is 22.7 Å². The predicted molar refractivity (Wildman–Crippen MR) is 116 cm³/mol. The summed E-state index contributed by atoms with van der Waals surface area (Å²) in [7, 11) is 0. The van der Waals surface area contributed by atoms with Gasteiger partial charge in [0.2, 0.25) is 5.89 Å². The average Bonchev–Trinajstić information content (AvgIpc) is 3.44. The van der Waals surface area contributed by atoms with Crippen LogP contribution in [0.5, 0.6) is 0 Å². The van der Waals surface area contributed by atoms with Crippen molar-refractivity contribution >= 4 is 22.7 Å². The Hall–Kier alpha value is -2.28. The Morgan fingerprint density at radius 3 is 2.61 bits per heavy atom. The van der Waals surface area contributed by atoms with Crippen molar-refractivity contribution < 1.29 is 4.42 Å². The predicted octanol–water partition coefficient (Wildman–Crippen LogP) is 5.92. The zero-order valence-electron chi connectivity index (χ0n) is 16.2. The van der Waals surface area contributed by atoms with Crippen LogP contribution in [0.1, 0.15) is 45.3 Å². The molecule has 4 nitrogen and oxygen atoms in total. The van der Waals surface area contributed by atoms with E-state index in [1.54, 1.807) is 22.7 Å². The van der Waals surface area contributed by atoms with Gasteiger partial charge in [-0.25, -0.2) is 0 Å². The van der Waals surface area contributed by atoms with Crippen molar-refractivity contribution in [2.24, 2.45) is 0 Å². The second-order valence-electron chi connectivity index (χ2n) is 6.81. The minimum absolute atomic E-state index is 0.103. The highest BCUT2D eigenvalue weighted by Crippen LogP contribution is 2.31. The van der Waals surface area contributed by atoms with Crippen molar-refractivity contribution in [2.45, 2.75) is 39.8 Å². The topological polar surface area (TPSA) is 51.0 Å². The number of nitrogens with zero attached hydrogens (tertiary/aromatic N) is 2. The zero-order valence-corrected chi connectivity index (χ0v) is 17.9. The van der Waals surface area contributed by atoms with Gasteiger partial charge in [0, 0.05) is 9.75 Å². The van der Waals surface area contributed by atoms with Gasteiger partial charge < -0.3 is 4.42 Å². The lowest BCUT2D eigenvalue weighted by molar-refractivity contribution is 0.464. The molecule has 4 aromatic rings. The van der Waals surface area contributed by atoms with Crippen LogP contribution < -0.4 is 5.32 Å². The smallest absolute Gasteiger partial charge is 0.257 e. The molecule has 4 rings (SSSR count). The van der Waals surface area contributed by atoms with Crippen LogP contribution in [0.4, 0.5) is 0 Å². The number of aromatic nitrogens is 2. The molecule has 0 fully saturated rings. The molecule has 0 radical (unpaired) electrons. The molecular formula is C22H23N3OS2. The number of nitrogens with one attached hydrogen (secondary N) is 1. The van der Waals surface area contributed by atoms with Crippen molar-refractivity contribution in [3.8, 4) is 10.8 Å². The van der Waals surface area contributed by atoms with Gasteiger partial charge in [0.25, 0.3) is 5.89 Å². The molecule has 1 N–H and O–H groups in total. The molecule has 144 valence electrons. The fourth-order valence-corrected chi connectivity index (χ4v) is 5.05. The first-order valence-electron chi connectivity index (χ1n) is 9.39. The minimum atomic E-state index is 0.103. The van der Waals surface area contributed by atoms with Gasteiger partial charge in [0.1, 0.15) is 0 Å². The normalized spacial score (nSPS) is 12.4. The van der Waals surface area contributed by atoms with Gasteiger partial charge in [-0.05, 0) is 48.9 Å². The summed E-state index contributed by atoms with van der Waals surface area (Å²) in [5.41, 5.74) is 3.78. The lowest BCUT2D eigenvalue weighted by Crippen LogP contribution is -2.21. The highest BCUT2D eigenvalue weighted by molar-refractivity contribution is 7.15. The van der Waals surface area contributed by atoms with E-state index < -0.39 is 0 Å². The second kappa shape index (κ2) is 8.39. The Kier molecular flexibility index (Phi) is 5.71. The van der Waals surface area contributed by atoms with Gasteiger partial charge in [-0.3, -0.25) is 5.32 Å². The lowest BCUT2D eigenvalue weighted by Gasteiger charge is -2.17. The Bertz CT molecular complexity index is 1030. The second-order valence-corrected chi connectivity index (χ2v) is 8.93. The molecule has 0 bridgehead atoms. The molecule has 0 aliphatic carbocycles. The average molecular weight is 410 g/mol. The summed E-state index contributed by atoms with van der Waals surface area (Å²) in [6.45, 7) is 6.93. The summed E-state index contributed by atoms with van der Waals surface area (Å²) in [5.74, 6) is 1.21. The summed E-state index contributed by atoms with van der Waals surface area (Å²) in [5, 5.41) is 14.2. The van der Waals surface area contributed by atoms with Gasteiger partial charge in [0.05, 0.1) is 17.5 Å². The standard InChI is InChI=1S/C22H23N3OS2/c1-4-17-15(3)12-19(28-17)22-25-24-20(26-22)13-23-21(18-6-5-11-27-18)16-9-7-14(2)8-10-16/h5-12,21,23H,4,13H2,1-3H3/t21-/m0/s1. The lowest BCUT2D eigenvalue weighted by atomic mass is 10.0. The summed E-state index contributed by atoms with van der Waals surface area (Å²) in [4.78, 5) is 3.68. The Morgan fingerprint density at radius 1 is 1.11 bits per heavy atom. The van der Waals surface area contributed by atoms with Crippen LogP contribution in [0, 0.1) is 13.8 Å². The highest BCUT2D eigenvalue weighted by atomic mass is 32.1. The van der Waals surface area contributed by atoms with Crippen LogP contribution in [0.25, 0.3) is 10.8 Å². The number of benzene rings is 1. The molecule has 0 unspecified atom stereocenters. The summed E-state index contributed by atoms with van der Waals surface area (Å²) >= 11 is 3.48. The number of hydrogen-bond donors (Lipinski definition) is 1. The number of aryl methyl sites for hydroxylation is 3. The van der Waals surface area contributed by atoms with E-state index in [1.807, 2.05) is 0 Å². The molecule has 1 aromatic carbocycles. The van der Waals surface area contributed by atoms with E-state index in [0.29, 0.717) is 18.3 Å². The number of rotatable bonds is 7. The first-order chi connectivity index (χ1) is 13.6. The Balaban J connectivity index is 1.51. The monoisotopic (exact) mass is 409 g/mol. The van der Waals surface area contributed by atoms with Gasteiger partial charge in [-0.1, -0.05) is 42.8 Å². The maximum atomic E-state index is 5.93. The quantitative estimate of drug-likeness (QED) is 0.412. The molecule has 3 heterocycles. The molecule has 0 spiro atoms. The minimum Gasteiger partial charge on any atom is -0.419 e. The molecule has 0 saturated heterocycles. The molecule has 6 heteroatoms. The van der Waals surface area contributed by atoms with E-state index >= 15 is 0 Å². The first-order valence-corrected chi connectivity index (χ1v) is 11.1. The van der Waals surface area contributed by atoms with Gasteiger partial charge in [-0.15, -0.1) is 32.9 Å². The molecule has 3 aromatic heterocycles. The van der Waals surface area contributed by atoms with Crippen LogP contribution in [0.2, 0.25) is 0 Å². The number of hydrogen-bond acceptors (Lipinski definition) is 6. The van der Waals surface area contributed by atoms with Gasteiger partial charge in [-0.2, -0.15) is 0 Å². The fourth-order valence-electron chi connectivity index (χ4n) is 3.19. The van der Waals surface area contributed by atoms with Gasteiger partial charge in [0.15, 0.2) is 0 Å². The molecule has 0 aliphatic rings. The zero-order chi connectivity index (χ0) is 19.5.